The molecule has 1 fully saturated rings. The Bertz CT molecular complexity index is 1640. The summed E-state index contributed by atoms with van der Waals surface area (Å²) in [4.78, 5) is 66.5. The number of hydrogen-bond acceptors (Lipinski definition) is 17. The number of carbonyl (C=O) groups is 3. The highest BCUT2D eigenvalue weighted by Crippen LogP contribution is 2.47. The predicted octanol–water partition coefficient (Wildman–Crippen LogP) is 3.73. The van der Waals surface area contributed by atoms with Crippen molar-refractivity contribution in [3.8, 4) is 0 Å². The molecule has 0 bridgehead atoms. The topological polar surface area (TPSA) is 220 Å². The smallest absolute Gasteiger partial charge is 0.413 e. The Kier molecular flexibility index (Phi) is 8.86. The molecule has 1 amide bonds. The molecule has 3 aromatic heterocycles. The van der Waals surface area contributed by atoms with Gasteiger partial charge in [-0.15, -0.1) is 34.0 Å². The molecule has 4 atom stereocenters. The van der Waals surface area contributed by atoms with Gasteiger partial charge in [-0.1, -0.05) is 0 Å². The number of amides is 1. The van der Waals surface area contributed by atoms with Crippen LogP contribution in [0, 0.1) is 0 Å². The molecule has 6 N–H and O–H groups in total. The molecule has 0 unspecified atom stereocenters. The first kappa shape index (κ1) is 33.0. The van der Waals surface area contributed by atoms with Crippen molar-refractivity contribution in [1.82, 2.24) is 19.9 Å². The van der Waals surface area contributed by atoms with E-state index in [1.807, 2.05) is 12.3 Å². The van der Waals surface area contributed by atoms with Gasteiger partial charge in [-0.2, -0.15) is 11.8 Å². The van der Waals surface area contributed by atoms with Crippen molar-refractivity contribution in [1.29, 1.82) is 0 Å². The second kappa shape index (κ2) is 12.1. The quantitative estimate of drug-likeness (QED) is 0.317. The maximum Gasteiger partial charge on any atom is 0.413 e. The molecule has 18 heteroatoms. The minimum Gasteiger partial charge on any atom is -0.444 e. The molecule has 15 nitrogen and oxygen atoms in total. The number of nitrogens with zero attached hydrogens (tertiary/aromatic N) is 5. The Labute approximate surface area is 270 Å². The Hall–Kier alpha value is -3.39. The van der Waals surface area contributed by atoms with Crippen LogP contribution in [0.4, 0.5) is 4.79 Å². The van der Waals surface area contributed by atoms with E-state index in [9.17, 15) is 14.4 Å². The van der Waals surface area contributed by atoms with E-state index < -0.39 is 53.1 Å². The lowest BCUT2D eigenvalue weighted by atomic mass is 9.82. The van der Waals surface area contributed by atoms with Crippen LogP contribution in [0.15, 0.2) is 21.1 Å². The van der Waals surface area contributed by atoms with Crippen molar-refractivity contribution in [2.24, 2.45) is 22.5 Å². The number of carbonyl (C=O) groups excluding carboxylic acids is 3. The van der Waals surface area contributed by atoms with E-state index in [2.05, 4.69) is 19.6 Å². The lowest BCUT2D eigenvalue weighted by Crippen LogP contribution is -2.47. The van der Waals surface area contributed by atoms with Gasteiger partial charge < -0.3 is 24.9 Å². The second-order valence-electron chi connectivity index (χ2n) is 12.1. The van der Waals surface area contributed by atoms with E-state index in [1.54, 1.807) is 39.5 Å². The molecular formula is C27H34N8O7S3. The number of ether oxygens (including phenoxy) is 2. The lowest BCUT2D eigenvalue weighted by molar-refractivity contribution is -0.0757. The number of hydrogen-bond donors (Lipinski definition) is 3. The van der Waals surface area contributed by atoms with E-state index in [1.165, 1.54) is 44.8 Å². The van der Waals surface area contributed by atoms with E-state index in [4.69, 9.17) is 37.0 Å². The van der Waals surface area contributed by atoms with E-state index in [-0.39, 0.29) is 11.4 Å². The number of aromatic nitrogens is 3. The number of thiazole rings is 3. The summed E-state index contributed by atoms with van der Waals surface area (Å²) in [5.41, 5.74) is 5.44. The maximum absolute atomic E-state index is 13.4. The molecule has 5 rings (SSSR count). The third kappa shape index (κ3) is 6.35. The van der Waals surface area contributed by atoms with Crippen LogP contribution in [0.1, 0.15) is 108 Å². The molecule has 2 aliphatic rings. The Morgan fingerprint density at radius 2 is 1.64 bits per heavy atom. The SMILES string of the molecule is C[C@H]1OC(C)(C)N(C(=O)OC(C)(C)C)[C@@H]1c1nc([C@H]2N=C(c3nc(C(=O)ON)cs3)CC[C@]2(N)c2nc(C(=O)ON)cs2)cs1. The van der Waals surface area contributed by atoms with Gasteiger partial charge in [0.2, 0.25) is 0 Å². The second-order valence-corrected chi connectivity index (χ2v) is 14.7. The van der Waals surface area contributed by atoms with Gasteiger partial charge in [0, 0.05) is 16.1 Å². The van der Waals surface area contributed by atoms with E-state index >= 15 is 0 Å². The van der Waals surface area contributed by atoms with Crippen molar-refractivity contribution >= 4 is 57.8 Å². The molecule has 242 valence electrons. The largest absolute Gasteiger partial charge is 0.444 e. The van der Waals surface area contributed by atoms with Crippen LogP contribution in [-0.4, -0.2) is 61.0 Å². The van der Waals surface area contributed by atoms with Gasteiger partial charge in [-0.3, -0.25) is 9.89 Å². The van der Waals surface area contributed by atoms with Crippen LogP contribution in [0.3, 0.4) is 0 Å². The fourth-order valence-corrected chi connectivity index (χ4v) is 8.14. The van der Waals surface area contributed by atoms with Gasteiger partial charge in [-0.05, 0) is 54.4 Å². The molecule has 3 aromatic rings. The fraction of sp³-hybridized carbons (Fsp3) is 0.519. The minimum absolute atomic E-state index is 0.0202. The molecular weight excluding hydrogens is 645 g/mol. The third-order valence-corrected chi connectivity index (χ3v) is 10.1. The summed E-state index contributed by atoms with van der Waals surface area (Å²) >= 11 is 3.74. The highest BCUT2D eigenvalue weighted by molar-refractivity contribution is 7.12. The zero-order valence-corrected chi connectivity index (χ0v) is 27.9. The van der Waals surface area contributed by atoms with Crippen molar-refractivity contribution in [3.05, 3.63) is 48.2 Å². The van der Waals surface area contributed by atoms with E-state index in [0.29, 0.717) is 39.3 Å². The normalized spacial score (nSPS) is 24.7. The third-order valence-electron chi connectivity index (χ3n) is 7.27. The summed E-state index contributed by atoms with van der Waals surface area (Å²) in [5.74, 6) is 8.55. The van der Waals surface area contributed by atoms with E-state index in [0.717, 1.165) is 0 Å². The number of nitrogens with two attached hydrogens (primary N) is 3. The zero-order valence-electron chi connectivity index (χ0n) is 25.4. The summed E-state index contributed by atoms with van der Waals surface area (Å²) in [6, 6.07) is -1.34. The molecule has 0 aliphatic carbocycles. The summed E-state index contributed by atoms with van der Waals surface area (Å²) < 4.78 is 11.9. The predicted molar refractivity (Wildman–Crippen MR) is 165 cm³/mol. The fourth-order valence-electron chi connectivity index (χ4n) is 5.35. The van der Waals surface area contributed by atoms with Crippen molar-refractivity contribution in [2.45, 2.75) is 89.4 Å². The standard InChI is InChI=1S/C27H34N8O7S3/c1-12-17(35(26(5,6)39-12)24(38)40-25(2,3)4)20-32-14(9-44-20)18-27(28,23-34-16(11-45-23)22(37)42-30)8-7-13(31-18)19-33-15(10-43-19)21(36)41-29/h9-12,17-18H,7-8,28-30H2,1-6H3/t12-,17+,18-,27-/m1/s1. The minimum atomic E-state index is -1.19. The van der Waals surface area contributed by atoms with Crippen LogP contribution in [-0.2, 0) is 24.7 Å². The average molecular weight is 679 g/mol. The molecule has 0 radical (unpaired) electrons. The first-order valence-electron chi connectivity index (χ1n) is 13.8. The van der Waals surface area contributed by atoms with Crippen molar-refractivity contribution < 1.29 is 33.5 Å². The highest BCUT2D eigenvalue weighted by atomic mass is 32.1. The van der Waals surface area contributed by atoms with Crippen LogP contribution >= 0.6 is 34.0 Å². The Morgan fingerprint density at radius 1 is 1.00 bits per heavy atom. The van der Waals surface area contributed by atoms with Crippen LogP contribution in [0.25, 0.3) is 0 Å². The van der Waals surface area contributed by atoms with Gasteiger partial charge in [0.05, 0.1) is 23.0 Å². The van der Waals surface area contributed by atoms with Gasteiger partial charge in [0.15, 0.2) is 11.4 Å². The molecule has 0 saturated carbocycles. The Balaban J connectivity index is 1.57. The van der Waals surface area contributed by atoms with Gasteiger partial charge in [0.25, 0.3) is 0 Å². The van der Waals surface area contributed by atoms with Crippen molar-refractivity contribution in [2.75, 3.05) is 0 Å². The molecule has 45 heavy (non-hydrogen) atoms. The summed E-state index contributed by atoms with van der Waals surface area (Å²) in [6.45, 7) is 10.9. The highest BCUT2D eigenvalue weighted by Gasteiger charge is 2.52. The monoisotopic (exact) mass is 678 g/mol. The molecule has 0 spiro atoms. The van der Waals surface area contributed by atoms with Crippen LogP contribution in [0.2, 0.25) is 0 Å². The summed E-state index contributed by atoms with van der Waals surface area (Å²) in [5, 5.41) is 6.43. The van der Waals surface area contributed by atoms with Gasteiger partial charge >= 0.3 is 18.0 Å². The number of aliphatic imine (C=N–C) groups is 1. The molecule has 5 heterocycles. The molecule has 2 aliphatic heterocycles. The zero-order chi connectivity index (χ0) is 32.9. The van der Waals surface area contributed by atoms with Crippen LogP contribution in [0.5, 0.6) is 0 Å². The van der Waals surface area contributed by atoms with Gasteiger partial charge in [0.1, 0.15) is 38.4 Å². The molecule has 1 saturated heterocycles. The molecule has 0 aromatic carbocycles. The first-order valence-corrected chi connectivity index (χ1v) is 16.5. The summed E-state index contributed by atoms with van der Waals surface area (Å²) in [6.07, 6.45) is -0.190. The lowest BCUT2D eigenvalue weighted by Gasteiger charge is -2.36. The maximum atomic E-state index is 13.4. The number of rotatable bonds is 6. The summed E-state index contributed by atoms with van der Waals surface area (Å²) in [7, 11) is 0. The Morgan fingerprint density at radius 3 is 2.29 bits per heavy atom. The first-order chi connectivity index (χ1) is 21.1. The van der Waals surface area contributed by atoms with Crippen molar-refractivity contribution in [3.63, 3.8) is 0 Å². The van der Waals surface area contributed by atoms with Gasteiger partial charge in [-0.25, -0.2) is 29.3 Å². The average Bonchev–Trinajstić information content (AvgIpc) is 3.77. The van der Waals surface area contributed by atoms with Crippen LogP contribution < -0.4 is 17.5 Å².